The quantitative estimate of drug-likeness (QED) is 0.687. The van der Waals surface area contributed by atoms with E-state index in [1.807, 2.05) is 6.07 Å². The predicted molar refractivity (Wildman–Crippen MR) is 74.1 cm³/mol. The summed E-state index contributed by atoms with van der Waals surface area (Å²) < 4.78 is 27.5. The number of hydrogen-bond acceptors (Lipinski definition) is 3. The molecule has 6 heteroatoms. The van der Waals surface area contributed by atoms with E-state index in [1.165, 1.54) is 18.2 Å². The van der Waals surface area contributed by atoms with E-state index >= 15 is 0 Å². The van der Waals surface area contributed by atoms with E-state index in [0.29, 0.717) is 18.4 Å². The normalized spacial score (nSPS) is 16.6. The van der Waals surface area contributed by atoms with E-state index in [4.69, 9.17) is 0 Å². The van der Waals surface area contributed by atoms with Crippen LogP contribution in [0.1, 0.15) is 23.6 Å². The fourth-order valence-electron chi connectivity index (χ4n) is 2.68. The van der Waals surface area contributed by atoms with Crippen molar-refractivity contribution in [2.24, 2.45) is 0 Å². The van der Waals surface area contributed by atoms with E-state index in [0.717, 1.165) is 11.6 Å². The molecule has 3 rings (SSSR count). The molecule has 0 aromatic heterocycles. The number of nitrogens with one attached hydrogen (secondary N) is 1. The monoisotopic (exact) mass is 290 g/mol. The zero-order valence-corrected chi connectivity index (χ0v) is 11.0. The van der Waals surface area contributed by atoms with Gasteiger partial charge in [-0.1, -0.05) is 12.1 Å². The average molecular weight is 290 g/mol. The Morgan fingerprint density at radius 3 is 2.71 bits per heavy atom. The summed E-state index contributed by atoms with van der Waals surface area (Å²) in [6.45, 7) is 0. The second-order valence-electron chi connectivity index (χ2n) is 4.96. The maximum absolute atomic E-state index is 13.9. The fourth-order valence-corrected chi connectivity index (χ4v) is 2.68. The summed E-state index contributed by atoms with van der Waals surface area (Å²) in [4.78, 5) is 9.94. The van der Waals surface area contributed by atoms with Gasteiger partial charge in [0.15, 0.2) is 5.82 Å². The first kappa shape index (κ1) is 13.5. The Bertz CT molecular complexity index is 719. The molecule has 0 spiro atoms. The summed E-state index contributed by atoms with van der Waals surface area (Å²) in [6.07, 6.45) is 1.25. The SMILES string of the molecule is O=[N+]([O-])c1ccc(NC2CCc3c(F)cccc32)c(F)c1. The molecular formula is C15H12F2N2O2. The van der Waals surface area contributed by atoms with Crippen LogP contribution in [0, 0.1) is 21.7 Å². The van der Waals surface area contributed by atoms with E-state index in [1.54, 1.807) is 6.07 Å². The van der Waals surface area contributed by atoms with Crippen LogP contribution in [0.15, 0.2) is 36.4 Å². The number of hydrogen-bond donors (Lipinski definition) is 1. The van der Waals surface area contributed by atoms with Crippen molar-refractivity contribution in [1.82, 2.24) is 0 Å². The molecule has 0 heterocycles. The minimum atomic E-state index is -0.686. The van der Waals surface area contributed by atoms with Crippen LogP contribution in [0.5, 0.6) is 0 Å². The van der Waals surface area contributed by atoms with Crippen molar-refractivity contribution in [3.8, 4) is 0 Å². The van der Waals surface area contributed by atoms with Gasteiger partial charge in [-0.25, -0.2) is 8.78 Å². The van der Waals surface area contributed by atoms with Crippen molar-refractivity contribution >= 4 is 11.4 Å². The van der Waals surface area contributed by atoms with Crippen molar-refractivity contribution in [2.75, 3.05) is 5.32 Å². The molecular weight excluding hydrogens is 278 g/mol. The van der Waals surface area contributed by atoms with Crippen LogP contribution in [-0.2, 0) is 6.42 Å². The Kier molecular flexibility index (Phi) is 3.29. The summed E-state index contributed by atoms with van der Waals surface area (Å²) in [7, 11) is 0. The number of halogens is 2. The molecule has 2 aromatic carbocycles. The topological polar surface area (TPSA) is 55.2 Å². The molecule has 0 saturated heterocycles. The second kappa shape index (κ2) is 5.12. The standard InChI is InChI=1S/C15H12F2N2O2/c16-12-3-1-2-11-10(12)5-7-14(11)18-15-6-4-9(19(20)21)8-13(15)17/h1-4,6,8,14,18H,5,7H2. The van der Waals surface area contributed by atoms with Crippen molar-refractivity contribution < 1.29 is 13.7 Å². The first-order chi connectivity index (χ1) is 10.1. The molecule has 0 amide bonds. The van der Waals surface area contributed by atoms with Crippen LogP contribution in [0.2, 0.25) is 0 Å². The third-order valence-corrected chi connectivity index (χ3v) is 3.71. The lowest BCUT2D eigenvalue weighted by Crippen LogP contribution is -2.08. The van der Waals surface area contributed by atoms with Gasteiger partial charge in [0.1, 0.15) is 5.82 Å². The van der Waals surface area contributed by atoms with Gasteiger partial charge >= 0.3 is 0 Å². The molecule has 1 unspecified atom stereocenters. The molecule has 1 aliphatic carbocycles. The van der Waals surface area contributed by atoms with Gasteiger partial charge in [0, 0.05) is 6.07 Å². The first-order valence-corrected chi connectivity index (χ1v) is 6.54. The van der Waals surface area contributed by atoms with Crippen LogP contribution in [0.3, 0.4) is 0 Å². The molecule has 108 valence electrons. The van der Waals surface area contributed by atoms with E-state index < -0.39 is 10.7 Å². The summed E-state index contributed by atoms with van der Waals surface area (Å²) in [5.41, 5.74) is 1.35. The highest BCUT2D eigenvalue weighted by molar-refractivity contribution is 5.53. The Morgan fingerprint density at radius 2 is 2.00 bits per heavy atom. The highest BCUT2D eigenvalue weighted by Gasteiger charge is 2.25. The summed E-state index contributed by atoms with van der Waals surface area (Å²) in [6, 6.07) is 8.12. The lowest BCUT2D eigenvalue weighted by molar-refractivity contribution is -0.385. The first-order valence-electron chi connectivity index (χ1n) is 6.54. The molecule has 1 N–H and O–H groups in total. The van der Waals surface area contributed by atoms with E-state index in [9.17, 15) is 18.9 Å². The van der Waals surface area contributed by atoms with Gasteiger partial charge in [-0.15, -0.1) is 0 Å². The third kappa shape index (κ3) is 2.44. The average Bonchev–Trinajstić information content (AvgIpc) is 2.85. The van der Waals surface area contributed by atoms with Crippen molar-refractivity contribution in [2.45, 2.75) is 18.9 Å². The van der Waals surface area contributed by atoms with Gasteiger partial charge in [-0.3, -0.25) is 10.1 Å². The van der Waals surface area contributed by atoms with Crippen LogP contribution in [0.25, 0.3) is 0 Å². The Morgan fingerprint density at radius 1 is 1.19 bits per heavy atom. The maximum Gasteiger partial charge on any atom is 0.272 e. The highest BCUT2D eigenvalue weighted by atomic mass is 19.1. The minimum absolute atomic E-state index is 0.183. The molecule has 1 aliphatic rings. The molecule has 0 aliphatic heterocycles. The van der Waals surface area contributed by atoms with Crippen LogP contribution in [0.4, 0.5) is 20.2 Å². The molecule has 0 saturated carbocycles. The Hall–Kier alpha value is -2.50. The number of rotatable bonds is 3. The third-order valence-electron chi connectivity index (χ3n) is 3.71. The maximum atomic E-state index is 13.9. The second-order valence-corrected chi connectivity index (χ2v) is 4.96. The molecule has 0 radical (unpaired) electrons. The number of anilines is 1. The summed E-state index contributed by atoms with van der Waals surface area (Å²) in [5, 5.41) is 13.6. The molecule has 2 aromatic rings. The predicted octanol–water partition coefficient (Wildman–Crippen LogP) is 3.97. The zero-order valence-electron chi connectivity index (χ0n) is 11.0. The van der Waals surface area contributed by atoms with E-state index in [-0.39, 0.29) is 23.2 Å². The summed E-state index contributed by atoms with van der Waals surface area (Å²) >= 11 is 0. The fraction of sp³-hybridized carbons (Fsp3) is 0.200. The van der Waals surface area contributed by atoms with Crippen molar-refractivity contribution in [3.63, 3.8) is 0 Å². The number of fused-ring (bicyclic) bond motifs is 1. The number of nitro groups is 1. The smallest absolute Gasteiger partial charge is 0.272 e. The van der Waals surface area contributed by atoms with Gasteiger partial charge < -0.3 is 5.32 Å². The van der Waals surface area contributed by atoms with Crippen LogP contribution >= 0.6 is 0 Å². The lowest BCUT2D eigenvalue weighted by Gasteiger charge is -2.16. The highest BCUT2D eigenvalue weighted by Crippen LogP contribution is 2.36. The van der Waals surface area contributed by atoms with Gasteiger partial charge in [-0.2, -0.15) is 0 Å². The van der Waals surface area contributed by atoms with Gasteiger partial charge in [0.05, 0.1) is 22.7 Å². The minimum Gasteiger partial charge on any atom is -0.376 e. The molecule has 4 nitrogen and oxygen atoms in total. The van der Waals surface area contributed by atoms with Crippen LogP contribution in [-0.4, -0.2) is 4.92 Å². The zero-order chi connectivity index (χ0) is 15.0. The molecule has 1 atom stereocenters. The molecule has 0 bridgehead atoms. The van der Waals surface area contributed by atoms with Crippen molar-refractivity contribution in [1.29, 1.82) is 0 Å². The molecule has 21 heavy (non-hydrogen) atoms. The van der Waals surface area contributed by atoms with Crippen molar-refractivity contribution in [3.05, 3.63) is 69.3 Å². The van der Waals surface area contributed by atoms with Gasteiger partial charge in [-0.05, 0) is 36.1 Å². The summed E-state index contributed by atoms with van der Waals surface area (Å²) in [5.74, 6) is -0.935. The van der Waals surface area contributed by atoms with Gasteiger partial charge in [0.25, 0.3) is 5.69 Å². The van der Waals surface area contributed by atoms with Crippen LogP contribution < -0.4 is 5.32 Å². The lowest BCUT2D eigenvalue weighted by atomic mass is 10.1. The Balaban J connectivity index is 1.86. The largest absolute Gasteiger partial charge is 0.376 e. The number of nitrogens with zero attached hydrogens (tertiary/aromatic N) is 1. The number of benzene rings is 2. The van der Waals surface area contributed by atoms with E-state index in [2.05, 4.69) is 5.32 Å². The van der Waals surface area contributed by atoms with Gasteiger partial charge in [0.2, 0.25) is 0 Å². The number of non-ortho nitro benzene ring substituents is 1. The number of nitro benzene ring substituents is 1. The Labute approximate surface area is 119 Å². The molecule has 0 fully saturated rings.